The van der Waals surface area contributed by atoms with E-state index in [4.69, 9.17) is 9.15 Å². The van der Waals surface area contributed by atoms with Gasteiger partial charge in [0.05, 0.1) is 19.3 Å². The van der Waals surface area contributed by atoms with E-state index in [1.54, 1.807) is 6.20 Å². The number of nitrogens with one attached hydrogen (secondary N) is 1. The van der Waals surface area contributed by atoms with E-state index < -0.39 is 0 Å². The lowest BCUT2D eigenvalue weighted by Crippen LogP contribution is -2.12. The first kappa shape index (κ1) is 13.6. The summed E-state index contributed by atoms with van der Waals surface area (Å²) in [5.41, 5.74) is 1.19. The molecule has 2 aromatic rings. The minimum atomic E-state index is 0.638. The second-order valence-electron chi connectivity index (χ2n) is 4.26. The minimum Gasteiger partial charge on any atom is -0.494 e. The molecule has 0 aliphatic rings. The molecule has 1 N–H and O–H groups in total. The number of oxazole rings is 1. The smallest absolute Gasteiger partial charge is 0.208 e. The summed E-state index contributed by atoms with van der Waals surface area (Å²) in [4.78, 5) is 4.21. The predicted octanol–water partition coefficient (Wildman–Crippen LogP) is 2.93. The van der Waals surface area contributed by atoms with Crippen LogP contribution in [-0.2, 0) is 19.5 Å². The minimum absolute atomic E-state index is 0.638. The van der Waals surface area contributed by atoms with Crippen LogP contribution in [0.3, 0.4) is 0 Å². The quantitative estimate of drug-likeness (QED) is 0.831. The van der Waals surface area contributed by atoms with Crippen molar-refractivity contribution in [1.82, 2.24) is 10.3 Å². The number of benzene rings is 1. The summed E-state index contributed by atoms with van der Waals surface area (Å²) >= 11 is 0. The third kappa shape index (κ3) is 4.10. The van der Waals surface area contributed by atoms with E-state index in [-0.39, 0.29) is 0 Å². The van der Waals surface area contributed by atoms with Gasteiger partial charge in [0.1, 0.15) is 11.5 Å². The summed E-state index contributed by atoms with van der Waals surface area (Å²) in [5.74, 6) is 2.57. The lowest BCUT2D eigenvalue weighted by molar-refractivity contribution is 0.340. The Kier molecular flexibility index (Phi) is 4.98. The Morgan fingerprint density at radius 3 is 2.89 bits per heavy atom. The molecule has 0 aliphatic heterocycles. The fourth-order valence-electron chi connectivity index (χ4n) is 1.82. The van der Waals surface area contributed by atoms with Crippen molar-refractivity contribution in [3.63, 3.8) is 0 Å². The molecule has 1 aromatic heterocycles. The zero-order chi connectivity index (χ0) is 13.5. The average Bonchev–Trinajstić information content (AvgIpc) is 2.88. The zero-order valence-corrected chi connectivity index (χ0v) is 11.5. The topological polar surface area (TPSA) is 47.3 Å². The van der Waals surface area contributed by atoms with Crippen molar-refractivity contribution >= 4 is 0 Å². The summed E-state index contributed by atoms with van der Waals surface area (Å²) in [7, 11) is 0. The van der Waals surface area contributed by atoms with Crippen molar-refractivity contribution in [2.24, 2.45) is 0 Å². The van der Waals surface area contributed by atoms with Crippen LogP contribution >= 0.6 is 0 Å². The molecule has 19 heavy (non-hydrogen) atoms. The van der Waals surface area contributed by atoms with Gasteiger partial charge in [0.25, 0.3) is 0 Å². The molecule has 2 rings (SSSR count). The molecule has 4 heteroatoms. The Hall–Kier alpha value is -1.81. The Morgan fingerprint density at radius 2 is 2.16 bits per heavy atom. The van der Waals surface area contributed by atoms with Gasteiger partial charge in [-0.3, -0.25) is 0 Å². The number of hydrogen-bond acceptors (Lipinski definition) is 4. The molecule has 0 aliphatic carbocycles. The Bertz CT molecular complexity index is 508. The fourth-order valence-corrected chi connectivity index (χ4v) is 1.82. The van der Waals surface area contributed by atoms with Gasteiger partial charge in [-0.05, 0) is 24.6 Å². The van der Waals surface area contributed by atoms with E-state index in [9.17, 15) is 0 Å². The van der Waals surface area contributed by atoms with Crippen molar-refractivity contribution in [1.29, 1.82) is 0 Å². The second kappa shape index (κ2) is 6.95. The lowest BCUT2D eigenvalue weighted by atomic mass is 10.2. The van der Waals surface area contributed by atoms with Crippen LogP contribution in [-0.4, -0.2) is 11.6 Å². The van der Waals surface area contributed by atoms with Crippen LogP contribution in [0, 0.1) is 0 Å². The highest BCUT2D eigenvalue weighted by molar-refractivity contribution is 5.28. The Labute approximate surface area is 113 Å². The van der Waals surface area contributed by atoms with Gasteiger partial charge in [0.15, 0.2) is 0 Å². The van der Waals surface area contributed by atoms with Crippen LogP contribution in [0.25, 0.3) is 0 Å². The molecule has 0 spiro atoms. The van der Waals surface area contributed by atoms with E-state index in [0.717, 1.165) is 30.4 Å². The average molecular weight is 260 g/mol. The van der Waals surface area contributed by atoms with E-state index >= 15 is 0 Å². The number of hydrogen-bond donors (Lipinski definition) is 1. The van der Waals surface area contributed by atoms with Crippen LogP contribution < -0.4 is 10.1 Å². The van der Waals surface area contributed by atoms with Crippen LogP contribution in [0.4, 0.5) is 0 Å². The van der Waals surface area contributed by atoms with Gasteiger partial charge < -0.3 is 14.5 Å². The first-order chi connectivity index (χ1) is 9.31. The van der Waals surface area contributed by atoms with Crippen molar-refractivity contribution in [2.45, 2.75) is 33.4 Å². The van der Waals surface area contributed by atoms with Crippen molar-refractivity contribution in [3.8, 4) is 5.75 Å². The molecule has 0 unspecified atom stereocenters. The Balaban J connectivity index is 1.83. The standard InChI is InChI=1S/C15H20N2O2/c1-3-13-10-17-15(19-13)11-16-9-12-6-5-7-14(8-12)18-4-2/h5-8,10,16H,3-4,9,11H2,1-2H3. The van der Waals surface area contributed by atoms with E-state index in [1.165, 1.54) is 5.56 Å². The molecule has 0 saturated heterocycles. The van der Waals surface area contributed by atoms with Crippen molar-refractivity contribution in [3.05, 3.63) is 47.7 Å². The van der Waals surface area contributed by atoms with Crippen LogP contribution in [0.2, 0.25) is 0 Å². The van der Waals surface area contributed by atoms with E-state index in [2.05, 4.69) is 23.3 Å². The first-order valence-electron chi connectivity index (χ1n) is 6.67. The predicted molar refractivity (Wildman–Crippen MR) is 74.0 cm³/mol. The number of aromatic nitrogens is 1. The molecule has 0 bridgehead atoms. The van der Waals surface area contributed by atoms with E-state index in [0.29, 0.717) is 13.2 Å². The number of ether oxygens (including phenoxy) is 1. The number of rotatable bonds is 7. The van der Waals surface area contributed by atoms with Gasteiger partial charge in [0, 0.05) is 13.0 Å². The molecule has 0 amide bonds. The molecule has 4 nitrogen and oxygen atoms in total. The van der Waals surface area contributed by atoms with Crippen LogP contribution in [0.15, 0.2) is 34.9 Å². The molecular weight excluding hydrogens is 240 g/mol. The molecule has 0 fully saturated rings. The largest absolute Gasteiger partial charge is 0.494 e. The second-order valence-corrected chi connectivity index (χ2v) is 4.26. The summed E-state index contributed by atoms with van der Waals surface area (Å²) in [6, 6.07) is 8.09. The third-order valence-corrected chi connectivity index (χ3v) is 2.76. The van der Waals surface area contributed by atoms with Gasteiger partial charge >= 0.3 is 0 Å². The van der Waals surface area contributed by atoms with E-state index in [1.807, 2.05) is 25.1 Å². The molecule has 1 aromatic carbocycles. The van der Waals surface area contributed by atoms with Gasteiger partial charge in [0.2, 0.25) is 5.89 Å². The SMILES string of the molecule is CCOc1cccc(CNCc2ncc(CC)o2)c1. The van der Waals surface area contributed by atoms with Crippen molar-refractivity contribution < 1.29 is 9.15 Å². The normalized spacial score (nSPS) is 10.6. The van der Waals surface area contributed by atoms with Crippen molar-refractivity contribution in [2.75, 3.05) is 6.61 Å². The summed E-state index contributed by atoms with van der Waals surface area (Å²) in [6.45, 7) is 6.13. The first-order valence-corrected chi connectivity index (χ1v) is 6.67. The maximum absolute atomic E-state index is 5.53. The van der Waals surface area contributed by atoms with Gasteiger partial charge in [-0.15, -0.1) is 0 Å². The Morgan fingerprint density at radius 1 is 1.26 bits per heavy atom. The number of aryl methyl sites for hydroxylation is 1. The molecule has 0 saturated carbocycles. The molecule has 0 radical (unpaired) electrons. The lowest BCUT2D eigenvalue weighted by Gasteiger charge is -2.06. The number of nitrogens with zero attached hydrogens (tertiary/aromatic N) is 1. The monoisotopic (exact) mass is 260 g/mol. The third-order valence-electron chi connectivity index (χ3n) is 2.76. The summed E-state index contributed by atoms with van der Waals surface area (Å²) in [5, 5.41) is 3.31. The fraction of sp³-hybridized carbons (Fsp3) is 0.400. The van der Waals surface area contributed by atoms with Crippen LogP contribution in [0.1, 0.15) is 31.1 Å². The van der Waals surface area contributed by atoms with Crippen LogP contribution in [0.5, 0.6) is 5.75 Å². The maximum atomic E-state index is 5.53. The summed E-state index contributed by atoms with van der Waals surface area (Å²) < 4.78 is 11.0. The molecule has 1 heterocycles. The highest BCUT2D eigenvalue weighted by Gasteiger charge is 2.02. The molecular formula is C15H20N2O2. The van der Waals surface area contributed by atoms with Gasteiger partial charge in [-0.25, -0.2) is 4.98 Å². The van der Waals surface area contributed by atoms with Gasteiger partial charge in [-0.1, -0.05) is 19.1 Å². The summed E-state index contributed by atoms with van der Waals surface area (Å²) in [6.07, 6.45) is 2.66. The highest BCUT2D eigenvalue weighted by atomic mass is 16.5. The van der Waals surface area contributed by atoms with Gasteiger partial charge in [-0.2, -0.15) is 0 Å². The maximum Gasteiger partial charge on any atom is 0.208 e. The molecule has 102 valence electrons. The molecule has 0 atom stereocenters. The zero-order valence-electron chi connectivity index (χ0n) is 11.5. The highest BCUT2D eigenvalue weighted by Crippen LogP contribution is 2.13.